The Labute approximate surface area is 174 Å². The van der Waals surface area contributed by atoms with Crippen LogP contribution in [0.2, 0.25) is 0 Å². The fourth-order valence-electron chi connectivity index (χ4n) is 3.17. The van der Waals surface area contributed by atoms with E-state index in [2.05, 4.69) is 33.1 Å². The number of benzene rings is 2. The van der Waals surface area contributed by atoms with Crippen LogP contribution in [-0.2, 0) is 9.53 Å². The molecule has 0 spiro atoms. The summed E-state index contributed by atoms with van der Waals surface area (Å²) in [6, 6.07) is 11.0. The number of nitrogens with one attached hydrogen (secondary N) is 2. The van der Waals surface area contributed by atoms with Gasteiger partial charge in [0.15, 0.2) is 0 Å². The maximum Gasteiger partial charge on any atom is 0.247 e. The van der Waals surface area contributed by atoms with Crippen molar-refractivity contribution >= 4 is 34.0 Å². The number of hydrogen-bond donors (Lipinski definition) is 2. The van der Waals surface area contributed by atoms with E-state index in [0.29, 0.717) is 36.0 Å². The van der Waals surface area contributed by atoms with Crippen molar-refractivity contribution in [3.63, 3.8) is 0 Å². The lowest BCUT2D eigenvalue weighted by Crippen LogP contribution is -2.18. The second-order valence-electron chi connectivity index (χ2n) is 6.73. The van der Waals surface area contributed by atoms with Crippen LogP contribution in [0.5, 0.6) is 5.75 Å². The third-order valence-corrected chi connectivity index (χ3v) is 4.65. The molecule has 2 N–H and O–H groups in total. The van der Waals surface area contributed by atoms with E-state index in [1.807, 2.05) is 24.3 Å². The number of ether oxygens (including phenoxy) is 2. The summed E-state index contributed by atoms with van der Waals surface area (Å²) in [6.45, 7) is 4.68. The SMILES string of the molecule is C#Cc1cccc(Nc2ncnc3cc(OC4CCOC4)c(NC(=O)C=C)cc23)c1. The number of fused-ring (bicyclic) bond motifs is 1. The van der Waals surface area contributed by atoms with Crippen LogP contribution in [0.25, 0.3) is 10.9 Å². The van der Waals surface area contributed by atoms with Gasteiger partial charge in [0.25, 0.3) is 0 Å². The molecule has 1 atom stereocenters. The highest BCUT2D eigenvalue weighted by Gasteiger charge is 2.20. The van der Waals surface area contributed by atoms with E-state index in [1.165, 1.54) is 12.4 Å². The zero-order valence-electron chi connectivity index (χ0n) is 16.2. The smallest absolute Gasteiger partial charge is 0.247 e. The molecule has 1 aliphatic heterocycles. The second-order valence-corrected chi connectivity index (χ2v) is 6.73. The summed E-state index contributed by atoms with van der Waals surface area (Å²) in [4.78, 5) is 20.7. The van der Waals surface area contributed by atoms with Crippen LogP contribution in [0.1, 0.15) is 12.0 Å². The fourth-order valence-corrected chi connectivity index (χ4v) is 3.17. The third-order valence-electron chi connectivity index (χ3n) is 4.65. The molecule has 0 radical (unpaired) electrons. The van der Waals surface area contributed by atoms with Crippen molar-refractivity contribution in [2.24, 2.45) is 0 Å². The fraction of sp³-hybridized carbons (Fsp3) is 0.174. The first-order chi connectivity index (χ1) is 14.7. The lowest BCUT2D eigenvalue weighted by Gasteiger charge is -2.17. The number of anilines is 3. The molecular formula is C23H20N4O3. The Balaban J connectivity index is 1.74. The average molecular weight is 400 g/mol. The standard InChI is InChI=1S/C23H20N4O3/c1-3-15-6-5-7-16(10-15)26-23-18-11-20(27-22(28)4-2)21(12-19(18)24-14-25-23)30-17-8-9-29-13-17/h1,4-7,10-12,14,17H,2,8-9,13H2,(H,27,28)(H,24,25,26). The number of rotatable bonds is 6. The summed E-state index contributed by atoms with van der Waals surface area (Å²) in [7, 11) is 0. The van der Waals surface area contributed by atoms with Crippen LogP contribution < -0.4 is 15.4 Å². The van der Waals surface area contributed by atoms with Crippen LogP contribution in [0.15, 0.2) is 55.4 Å². The number of carbonyl (C=O) groups is 1. The van der Waals surface area contributed by atoms with Crippen LogP contribution in [0, 0.1) is 12.3 Å². The number of carbonyl (C=O) groups excluding carboxylic acids is 1. The zero-order chi connectivity index (χ0) is 20.9. The average Bonchev–Trinajstić information content (AvgIpc) is 3.27. The van der Waals surface area contributed by atoms with Crippen molar-refractivity contribution in [1.29, 1.82) is 0 Å². The van der Waals surface area contributed by atoms with Crippen molar-refractivity contribution < 1.29 is 14.3 Å². The molecule has 3 aromatic rings. The van der Waals surface area contributed by atoms with Gasteiger partial charge in [0, 0.05) is 29.1 Å². The van der Waals surface area contributed by atoms with Crippen LogP contribution >= 0.6 is 0 Å². The van der Waals surface area contributed by atoms with Gasteiger partial charge in [0.1, 0.15) is 24.0 Å². The predicted molar refractivity (Wildman–Crippen MR) is 116 cm³/mol. The lowest BCUT2D eigenvalue weighted by molar-refractivity contribution is -0.111. The summed E-state index contributed by atoms with van der Waals surface area (Å²) in [6.07, 6.45) is 8.88. The van der Waals surface area contributed by atoms with Gasteiger partial charge in [0.2, 0.25) is 5.91 Å². The maximum absolute atomic E-state index is 12.0. The van der Waals surface area contributed by atoms with E-state index in [1.54, 1.807) is 12.1 Å². The highest BCUT2D eigenvalue weighted by molar-refractivity contribution is 6.03. The maximum atomic E-state index is 12.0. The molecule has 2 aromatic carbocycles. The number of terminal acetylenes is 1. The third kappa shape index (κ3) is 4.24. The Bertz CT molecular complexity index is 1150. The van der Waals surface area contributed by atoms with Gasteiger partial charge in [-0.3, -0.25) is 4.79 Å². The summed E-state index contributed by atoms with van der Waals surface area (Å²) < 4.78 is 11.5. The van der Waals surface area contributed by atoms with E-state index in [9.17, 15) is 4.79 Å². The first kappa shape index (κ1) is 19.4. The Kier molecular flexibility index (Phi) is 5.59. The van der Waals surface area contributed by atoms with Crippen LogP contribution in [-0.4, -0.2) is 35.2 Å². The Morgan fingerprint density at radius 3 is 3.00 bits per heavy atom. The molecule has 7 nitrogen and oxygen atoms in total. The molecule has 2 heterocycles. The molecular weight excluding hydrogens is 380 g/mol. The van der Waals surface area contributed by atoms with Gasteiger partial charge >= 0.3 is 0 Å². The van der Waals surface area contributed by atoms with Gasteiger partial charge in [-0.1, -0.05) is 18.6 Å². The lowest BCUT2D eigenvalue weighted by atomic mass is 10.1. The topological polar surface area (TPSA) is 85.4 Å². The normalized spacial score (nSPS) is 15.4. The van der Waals surface area contributed by atoms with E-state index in [4.69, 9.17) is 15.9 Å². The monoisotopic (exact) mass is 400 g/mol. The predicted octanol–water partition coefficient (Wildman–Crippen LogP) is 3.65. The molecule has 1 fully saturated rings. The Hall–Kier alpha value is -3.89. The summed E-state index contributed by atoms with van der Waals surface area (Å²) in [5.41, 5.74) is 2.73. The second kappa shape index (κ2) is 8.64. The molecule has 1 unspecified atom stereocenters. The molecule has 0 bridgehead atoms. The van der Waals surface area contributed by atoms with E-state index >= 15 is 0 Å². The largest absolute Gasteiger partial charge is 0.486 e. The molecule has 150 valence electrons. The minimum Gasteiger partial charge on any atom is -0.486 e. The van der Waals surface area contributed by atoms with Gasteiger partial charge in [-0.25, -0.2) is 9.97 Å². The first-order valence-electron chi connectivity index (χ1n) is 9.46. The minimum atomic E-state index is -0.338. The zero-order valence-corrected chi connectivity index (χ0v) is 16.2. The van der Waals surface area contributed by atoms with E-state index in [-0.39, 0.29) is 12.0 Å². The van der Waals surface area contributed by atoms with Crippen molar-refractivity contribution in [3.05, 3.63) is 60.9 Å². The summed E-state index contributed by atoms with van der Waals surface area (Å²) in [5, 5.41) is 6.79. The van der Waals surface area contributed by atoms with Gasteiger partial charge in [-0.2, -0.15) is 0 Å². The highest BCUT2D eigenvalue weighted by Crippen LogP contribution is 2.34. The molecule has 0 aliphatic carbocycles. The summed E-state index contributed by atoms with van der Waals surface area (Å²) >= 11 is 0. The first-order valence-corrected chi connectivity index (χ1v) is 9.46. The van der Waals surface area contributed by atoms with Gasteiger partial charge in [-0.05, 0) is 30.3 Å². The number of hydrogen-bond acceptors (Lipinski definition) is 6. The molecule has 7 heteroatoms. The quantitative estimate of drug-likeness (QED) is 0.485. The molecule has 1 aliphatic rings. The molecule has 30 heavy (non-hydrogen) atoms. The van der Waals surface area contributed by atoms with Crippen molar-refractivity contribution in [2.45, 2.75) is 12.5 Å². The number of amides is 1. The Morgan fingerprint density at radius 1 is 1.33 bits per heavy atom. The van der Waals surface area contributed by atoms with Gasteiger partial charge < -0.3 is 20.1 Å². The minimum absolute atomic E-state index is 0.0761. The van der Waals surface area contributed by atoms with Crippen molar-refractivity contribution in [2.75, 3.05) is 23.8 Å². The number of aromatic nitrogens is 2. The molecule has 1 amide bonds. The van der Waals surface area contributed by atoms with Gasteiger partial charge in [0.05, 0.1) is 24.4 Å². The number of nitrogens with zero attached hydrogens (tertiary/aromatic N) is 2. The Morgan fingerprint density at radius 2 is 2.23 bits per heavy atom. The summed E-state index contributed by atoms with van der Waals surface area (Å²) in [5.74, 6) is 3.38. The molecule has 1 saturated heterocycles. The van der Waals surface area contributed by atoms with E-state index < -0.39 is 0 Å². The van der Waals surface area contributed by atoms with E-state index in [0.717, 1.165) is 23.1 Å². The van der Waals surface area contributed by atoms with Gasteiger partial charge in [-0.15, -0.1) is 6.42 Å². The molecule has 1 aromatic heterocycles. The molecule has 4 rings (SSSR count). The van der Waals surface area contributed by atoms with Crippen molar-refractivity contribution in [1.82, 2.24) is 9.97 Å². The van der Waals surface area contributed by atoms with Crippen LogP contribution in [0.4, 0.5) is 17.2 Å². The molecule has 0 saturated carbocycles. The highest BCUT2D eigenvalue weighted by atomic mass is 16.5. The van der Waals surface area contributed by atoms with Crippen LogP contribution in [0.3, 0.4) is 0 Å². The van der Waals surface area contributed by atoms with Crippen molar-refractivity contribution in [3.8, 4) is 18.1 Å².